The summed E-state index contributed by atoms with van der Waals surface area (Å²) < 4.78 is 315. The minimum absolute atomic E-state index is 0.306. The SMILES string of the molecule is C=COCCCC(F)(C(=O)C(F)(F)C(F)(C(=O)C(F)(F)C(F)(C(=O)C(F)(F)C(F)(F)C(F)(F)F)C(F)(F)F)C(F)(F)F)C(F)(F)F. The first-order valence-electron chi connectivity index (χ1n) is 10.5. The van der Waals surface area contributed by atoms with Gasteiger partial charge in [-0.1, -0.05) is 6.58 Å². The molecule has 0 aliphatic carbocycles. The second-order valence-corrected chi connectivity index (χ2v) is 8.54. The summed E-state index contributed by atoms with van der Waals surface area (Å²) in [5.41, 5.74) is -24.5. The molecule has 0 amide bonds. The van der Waals surface area contributed by atoms with E-state index in [0.717, 1.165) is 0 Å². The molecule has 0 aromatic heterocycles. The van der Waals surface area contributed by atoms with Gasteiger partial charge in [-0.15, -0.1) is 0 Å². The molecule has 0 bridgehead atoms. The second kappa shape index (κ2) is 11.9. The molecule has 0 spiro atoms. The van der Waals surface area contributed by atoms with Crippen LogP contribution in [0.1, 0.15) is 12.8 Å². The van der Waals surface area contributed by atoms with Crippen molar-refractivity contribution in [3.05, 3.63) is 12.8 Å². The Labute approximate surface area is 236 Å². The van der Waals surface area contributed by atoms with E-state index in [0.29, 0.717) is 6.26 Å². The van der Waals surface area contributed by atoms with Gasteiger partial charge in [0.1, 0.15) is 0 Å². The molecule has 270 valence electrons. The minimum Gasteiger partial charge on any atom is -0.502 e. The zero-order valence-electron chi connectivity index (χ0n) is 20.7. The molecule has 46 heavy (non-hydrogen) atoms. The van der Waals surface area contributed by atoms with Crippen LogP contribution < -0.4 is 0 Å². The number of rotatable bonds is 14. The molecule has 0 radical (unpaired) electrons. The minimum atomic E-state index is -9.07. The number of Topliss-reactive ketones (excluding diaryl/α,β-unsaturated/α-hetero) is 3. The lowest BCUT2D eigenvalue weighted by Crippen LogP contribution is -2.77. The third-order valence-electron chi connectivity index (χ3n) is 5.59. The number of halogens is 23. The van der Waals surface area contributed by atoms with Gasteiger partial charge in [-0.05, 0) is 6.42 Å². The summed E-state index contributed by atoms with van der Waals surface area (Å²) >= 11 is 0. The van der Waals surface area contributed by atoms with Crippen LogP contribution in [0.15, 0.2) is 12.8 Å². The van der Waals surface area contributed by atoms with Gasteiger partial charge in [-0.2, -0.15) is 87.8 Å². The molecule has 27 heteroatoms. The summed E-state index contributed by atoms with van der Waals surface area (Å²) in [5.74, 6) is -52.6. The van der Waals surface area contributed by atoms with Crippen molar-refractivity contribution in [3.8, 4) is 0 Å². The molecular formula is C19H9F23O4. The van der Waals surface area contributed by atoms with Gasteiger partial charge in [0.2, 0.25) is 0 Å². The molecule has 0 saturated carbocycles. The van der Waals surface area contributed by atoms with Gasteiger partial charge in [0.25, 0.3) is 23.0 Å². The van der Waals surface area contributed by atoms with Crippen molar-refractivity contribution in [1.82, 2.24) is 0 Å². The van der Waals surface area contributed by atoms with Gasteiger partial charge in [0, 0.05) is 6.42 Å². The molecule has 0 aromatic rings. The summed E-state index contributed by atoms with van der Waals surface area (Å²) in [7, 11) is 0. The van der Waals surface area contributed by atoms with E-state index in [2.05, 4.69) is 11.3 Å². The van der Waals surface area contributed by atoms with Gasteiger partial charge >= 0.3 is 59.7 Å². The summed E-state index contributed by atoms with van der Waals surface area (Å²) in [6.45, 7) is 1.40. The van der Waals surface area contributed by atoms with Gasteiger partial charge in [-0.25, -0.2) is 13.2 Å². The number of hydrogen-bond acceptors (Lipinski definition) is 4. The van der Waals surface area contributed by atoms with Gasteiger partial charge < -0.3 is 4.74 Å². The first-order chi connectivity index (χ1) is 19.8. The zero-order valence-corrected chi connectivity index (χ0v) is 20.7. The summed E-state index contributed by atoms with van der Waals surface area (Å²) in [6, 6.07) is 0. The number of carbonyl (C=O) groups is 3. The summed E-state index contributed by atoms with van der Waals surface area (Å²) in [4.78, 5) is 34.7. The van der Waals surface area contributed by atoms with Gasteiger partial charge in [0.15, 0.2) is 0 Å². The average molecular weight is 738 g/mol. The van der Waals surface area contributed by atoms with Crippen molar-refractivity contribution in [2.45, 2.75) is 78.2 Å². The van der Waals surface area contributed by atoms with Gasteiger partial charge in [-0.3, -0.25) is 14.4 Å². The zero-order chi connectivity index (χ0) is 37.8. The first-order valence-corrected chi connectivity index (χ1v) is 10.5. The maximum atomic E-state index is 14.8. The highest BCUT2D eigenvalue weighted by Gasteiger charge is 2.93. The Kier molecular flexibility index (Phi) is 11.1. The Hall–Kier alpha value is -3.06. The lowest BCUT2D eigenvalue weighted by Gasteiger charge is -2.41. The van der Waals surface area contributed by atoms with Crippen molar-refractivity contribution in [2.75, 3.05) is 6.61 Å². The van der Waals surface area contributed by atoms with Crippen molar-refractivity contribution in [1.29, 1.82) is 0 Å². The maximum Gasteiger partial charge on any atom is 0.460 e. The molecule has 0 rings (SSSR count). The van der Waals surface area contributed by atoms with Crippen LogP contribution in [0.25, 0.3) is 0 Å². The van der Waals surface area contributed by atoms with Crippen LogP contribution in [0.5, 0.6) is 0 Å². The Balaban J connectivity index is 7.82. The molecule has 0 aliphatic rings. The largest absolute Gasteiger partial charge is 0.502 e. The average Bonchev–Trinajstić information content (AvgIpc) is 2.85. The Morgan fingerprint density at radius 2 is 0.804 bits per heavy atom. The van der Waals surface area contributed by atoms with E-state index < -0.39 is 102 Å². The first kappa shape index (κ1) is 42.9. The quantitative estimate of drug-likeness (QED) is 0.105. The van der Waals surface area contributed by atoms with Crippen LogP contribution in [0.3, 0.4) is 0 Å². The third kappa shape index (κ3) is 6.16. The van der Waals surface area contributed by atoms with Crippen LogP contribution >= 0.6 is 0 Å². The van der Waals surface area contributed by atoms with E-state index in [9.17, 15) is 115 Å². The lowest BCUT2D eigenvalue weighted by atomic mass is 9.75. The lowest BCUT2D eigenvalue weighted by molar-refractivity contribution is -0.355. The molecule has 0 heterocycles. The van der Waals surface area contributed by atoms with E-state index in [1.54, 1.807) is 0 Å². The van der Waals surface area contributed by atoms with Crippen molar-refractivity contribution >= 4 is 17.3 Å². The molecule has 0 fully saturated rings. The third-order valence-corrected chi connectivity index (χ3v) is 5.59. The monoisotopic (exact) mass is 738 g/mol. The molecule has 0 N–H and O–H groups in total. The van der Waals surface area contributed by atoms with Crippen LogP contribution in [0.4, 0.5) is 101 Å². The highest BCUT2D eigenvalue weighted by Crippen LogP contribution is 2.59. The van der Waals surface area contributed by atoms with E-state index in [4.69, 9.17) is 0 Å². The van der Waals surface area contributed by atoms with E-state index in [1.165, 1.54) is 0 Å². The molecule has 0 aromatic carbocycles. The van der Waals surface area contributed by atoms with E-state index >= 15 is 0 Å². The topological polar surface area (TPSA) is 60.4 Å². The van der Waals surface area contributed by atoms with Crippen molar-refractivity contribution in [3.63, 3.8) is 0 Å². The number of ether oxygens (including phenoxy) is 1. The maximum absolute atomic E-state index is 14.8. The highest BCUT2D eigenvalue weighted by atomic mass is 19.4. The van der Waals surface area contributed by atoms with Crippen LogP contribution in [-0.2, 0) is 19.1 Å². The normalized spacial score (nSPS) is 18.6. The fourth-order valence-corrected chi connectivity index (χ4v) is 3.08. The number of ketones is 3. The van der Waals surface area contributed by atoms with Crippen molar-refractivity contribution in [2.24, 2.45) is 0 Å². The summed E-state index contributed by atoms with van der Waals surface area (Å²) in [5, 5.41) is 0. The molecular weight excluding hydrogens is 729 g/mol. The fraction of sp³-hybridized carbons (Fsp3) is 0.737. The van der Waals surface area contributed by atoms with Crippen LogP contribution in [0, 0.1) is 0 Å². The molecule has 0 saturated heterocycles. The smallest absolute Gasteiger partial charge is 0.460 e. The van der Waals surface area contributed by atoms with Crippen molar-refractivity contribution < 1.29 is 120 Å². The molecule has 3 unspecified atom stereocenters. The van der Waals surface area contributed by atoms with Gasteiger partial charge in [0.05, 0.1) is 12.9 Å². The Morgan fingerprint density at radius 3 is 1.09 bits per heavy atom. The fourth-order valence-electron chi connectivity index (χ4n) is 3.08. The van der Waals surface area contributed by atoms with Crippen LogP contribution in [-0.4, -0.2) is 89.4 Å². The molecule has 3 atom stereocenters. The predicted octanol–water partition coefficient (Wildman–Crippen LogP) is 7.55. The number of hydrogen-bond donors (Lipinski definition) is 0. The molecule has 0 aliphatic heterocycles. The Bertz CT molecular complexity index is 1180. The highest BCUT2D eigenvalue weighted by molar-refractivity contribution is 6.09. The Morgan fingerprint density at radius 1 is 0.478 bits per heavy atom. The van der Waals surface area contributed by atoms with E-state index in [-0.39, 0.29) is 0 Å². The van der Waals surface area contributed by atoms with Crippen LogP contribution in [0.2, 0.25) is 0 Å². The predicted molar refractivity (Wildman–Crippen MR) is 95.9 cm³/mol. The molecule has 4 nitrogen and oxygen atoms in total. The standard InChI is InChI=1S/C19H9F23O4/c1-2-46-5-3-4-9(20,16(31,32)33)6(43)12(23,24)10(21,17(34,35)36)7(44)13(25,26)11(22,18(37,38)39)8(45)14(27,28)15(29,30)19(40,41)42/h2H,1,3-5H2. The second-order valence-electron chi connectivity index (χ2n) is 8.54. The summed E-state index contributed by atoms with van der Waals surface area (Å²) in [6.07, 6.45) is -37.0. The number of alkyl halides is 23. The number of carbonyl (C=O) groups excluding carboxylic acids is 3. The van der Waals surface area contributed by atoms with E-state index in [1.807, 2.05) is 0 Å².